The number of aromatic nitrogens is 3. The monoisotopic (exact) mass is 342 g/mol. The average Bonchev–Trinajstić information content (AvgIpc) is 3.05. The third kappa shape index (κ3) is 3.43. The van der Waals surface area contributed by atoms with Crippen molar-refractivity contribution < 1.29 is 14.3 Å². The zero-order valence-electron chi connectivity index (χ0n) is 14.3. The van der Waals surface area contributed by atoms with E-state index in [4.69, 9.17) is 9.47 Å². The molecule has 4 heterocycles. The van der Waals surface area contributed by atoms with Crippen molar-refractivity contribution in [2.24, 2.45) is 7.05 Å². The van der Waals surface area contributed by atoms with E-state index in [1.165, 1.54) is 0 Å². The van der Waals surface area contributed by atoms with Gasteiger partial charge in [0.2, 0.25) is 0 Å². The molecule has 0 aliphatic carbocycles. The Bertz CT molecular complexity index is 740. The summed E-state index contributed by atoms with van der Waals surface area (Å²) in [5.74, 6) is 0.0146. The minimum absolute atomic E-state index is 0.0146. The molecule has 0 aromatic carbocycles. The molecule has 1 unspecified atom stereocenters. The quantitative estimate of drug-likeness (QED) is 0.840. The lowest BCUT2D eigenvalue weighted by molar-refractivity contribution is -0.188. The Labute approximate surface area is 146 Å². The number of rotatable bonds is 4. The average molecular weight is 342 g/mol. The fourth-order valence-corrected chi connectivity index (χ4v) is 3.55. The third-order valence-electron chi connectivity index (χ3n) is 4.85. The second-order valence-corrected chi connectivity index (χ2v) is 6.88. The molecule has 2 aromatic rings. The molecule has 132 valence electrons. The van der Waals surface area contributed by atoms with Gasteiger partial charge in [0.05, 0.1) is 37.6 Å². The van der Waals surface area contributed by atoms with Crippen LogP contribution in [0.3, 0.4) is 0 Å². The molecule has 2 saturated heterocycles. The first kappa shape index (κ1) is 16.2. The number of carbonyl (C=O) groups is 1. The molecule has 1 atom stereocenters. The lowest BCUT2D eigenvalue weighted by Gasteiger charge is -2.52. The Balaban J connectivity index is 1.31. The number of carbonyl (C=O) groups excluding carboxylic acids is 1. The number of pyridine rings is 1. The molecule has 0 radical (unpaired) electrons. The standard InChI is InChI=1S/C18H22N4O3/c1-21-10-15(9-20-21)17(23)22-12-18(13-22)7-16(4-6-25-18)24-11-14-3-2-5-19-8-14/h2-3,5,8-10,16H,4,6-7,11-13H2,1H3. The van der Waals surface area contributed by atoms with E-state index in [0.29, 0.717) is 31.9 Å². The molecule has 4 rings (SSSR count). The SMILES string of the molecule is Cn1cc(C(=O)N2CC3(CC(OCc4cccnc4)CCO3)C2)cn1. The van der Waals surface area contributed by atoms with Gasteiger partial charge in [-0.15, -0.1) is 0 Å². The molecule has 0 N–H and O–H groups in total. The lowest BCUT2D eigenvalue weighted by Crippen LogP contribution is -2.67. The number of hydrogen-bond donors (Lipinski definition) is 0. The molecule has 2 aliphatic heterocycles. The van der Waals surface area contributed by atoms with Gasteiger partial charge in [0, 0.05) is 38.7 Å². The van der Waals surface area contributed by atoms with Gasteiger partial charge < -0.3 is 14.4 Å². The summed E-state index contributed by atoms with van der Waals surface area (Å²) in [4.78, 5) is 18.4. The zero-order valence-corrected chi connectivity index (χ0v) is 14.3. The predicted molar refractivity (Wildman–Crippen MR) is 89.8 cm³/mol. The van der Waals surface area contributed by atoms with Gasteiger partial charge in [0.15, 0.2) is 0 Å². The zero-order chi connectivity index (χ0) is 17.3. The number of hydrogen-bond acceptors (Lipinski definition) is 5. The van der Waals surface area contributed by atoms with Crippen LogP contribution in [-0.2, 0) is 23.1 Å². The van der Waals surface area contributed by atoms with E-state index in [0.717, 1.165) is 18.4 Å². The number of amides is 1. The molecule has 0 bridgehead atoms. The number of aryl methyl sites for hydroxylation is 1. The van der Waals surface area contributed by atoms with Crippen LogP contribution in [0.1, 0.15) is 28.8 Å². The van der Waals surface area contributed by atoms with Gasteiger partial charge in [-0.1, -0.05) is 6.07 Å². The van der Waals surface area contributed by atoms with Gasteiger partial charge in [-0.05, 0) is 18.1 Å². The summed E-state index contributed by atoms with van der Waals surface area (Å²) in [6, 6.07) is 3.93. The Kier molecular flexibility index (Phi) is 4.27. The maximum Gasteiger partial charge on any atom is 0.257 e. The topological polar surface area (TPSA) is 69.5 Å². The molecule has 7 nitrogen and oxygen atoms in total. The maximum atomic E-state index is 12.4. The van der Waals surface area contributed by atoms with E-state index >= 15 is 0 Å². The molecule has 0 saturated carbocycles. The van der Waals surface area contributed by atoms with Crippen LogP contribution in [0.25, 0.3) is 0 Å². The Morgan fingerprint density at radius 3 is 3.04 bits per heavy atom. The van der Waals surface area contributed by atoms with Crippen LogP contribution in [0.2, 0.25) is 0 Å². The van der Waals surface area contributed by atoms with Crippen molar-refractivity contribution in [3.05, 3.63) is 48.0 Å². The van der Waals surface area contributed by atoms with E-state index in [1.54, 1.807) is 23.3 Å². The van der Waals surface area contributed by atoms with Gasteiger partial charge in [-0.2, -0.15) is 5.10 Å². The fourth-order valence-electron chi connectivity index (χ4n) is 3.55. The van der Waals surface area contributed by atoms with Crippen LogP contribution in [-0.4, -0.2) is 57.0 Å². The molecular formula is C18H22N4O3. The van der Waals surface area contributed by atoms with Gasteiger partial charge in [-0.3, -0.25) is 14.5 Å². The Morgan fingerprint density at radius 2 is 2.32 bits per heavy atom. The Morgan fingerprint density at radius 1 is 1.44 bits per heavy atom. The summed E-state index contributed by atoms with van der Waals surface area (Å²) in [5, 5.41) is 4.06. The van der Waals surface area contributed by atoms with Crippen molar-refractivity contribution in [3.8, 4) is 0 Å². The summed E-state index contributed by atoms with van der Waals surface area (Å²) >= 11 is 0. The molecule has 25 heavy (non-hydrogen) atoms. The minimum Gasteiger partial charge on any atom is -0.373 e. The van der Waals surface area contributed by atoms with Gasteiger partial charge in [0.1, 0.15) is 5.60 Å². The highest BCUT2D eigenvalue weighted by Gasteiger charge is 2.49. The normalized spacial score (nSPS) is 22.0. The van der Waals surface area contributed by atoms with Crippen LogP contribution >= 0.6 is 0 Å². The molecule has 1 spiro atoms. The van der Waals surface area contributed by atoms with Crippen LogP contribution < -0.4 is 0 Å². The summed E-state index contributed by atoms with van der Waals surface area (Å²) < 4.78 is 13.7. The van der Waals surface area contributed by atoms with E-state index < -0.39 is 0 Å². The molecule has 2 aliphatic rings. The van der Waals surface area contributed by atoms with Crippen molar-refractivity contribution in [2.75, 3.05) is 19.7 Å². The smallest absolute Gasteiger partial charge is 0.257 e. The van der Waals surface area contributed by atoms with Crippen LogP contribution in [0.5, 0.6) is 0 Å². The fraction of sp³-hybridized carbons (Fsp3) is 0.500. The summed E-state index contributed by atoms with van der Waals surface area (Å²) in [7, 11) is 1.81. The van der Waals surface area contributed by atoms with Gasteiger partial charge >= 0.3 is 0 Å². The van der Waals surface area contributed by atoms with Gasteiger partial charge in [-0.25, -0.2) is 0 Å². The van der Waals surface area contributed by atoms with E-state index in [2.05, 4.69) is 10.1 Å². The molecule has 7 heteroatoms. The number of ether oxygens (including phenoxy) is 2. The predicted octanol–water partition coefficient (Wildman–Crippen LogP) is 1.41. The van der Waals surface area contributed by atoms with Crippen LogP contribution in [0, 0.1) is 0 Å². The highest BCUT2D eigenvalue weighted by atomic mass is 16.5. The van der Waals surface area contributed by atoms with Crippen molar-refractivity contribution in [2.45, 2.75) is 31.2 Å². The maximum absolute atomic E-state index is 12.4. The van der Waals surface area contributed by atoms with Crippen molar-refractivity contribution in [3.63, 3.8) is 0 Å². The van der Waals surface area contributed by atoms with E-state index in [1.807, 2.05) is 30.3 Å². The molecular weight excluding hydrogens is 320 g/mol. The number of nitrogens with zero attached hydrogens (tertiary/aromatic N) is 4. The summed E-state index contributed by atoms with van der Waals surface area (Å²) in [6.07, 6.45) is 8.80. The lowest BCUT2D eigenvalue weighted by atomic mass is 9.84. The highest BCUT2D eigenvalue weighted by molar-refractivity contribution is 5.94. The summed E-state index contributed by atoms with van der Waals surface area (Å²) in [6.45, 7) is 2.47. The molecule has 2 aromatic heterocycles. The second-order valence-electron chi connectivity index (χ2n) is 6.88. The van der Waals surface area contributed by atoms with Crippen LogP contribution in [0.15, 0.2) is 36.9 Å². The van der Waals surface area contributed by atoms with Crippen molar-refractivity contribution in [1.82, 2.24) is 19.7 Å². The minimum atomic E-state index is -0.254. The van der Waals surface area contributed by atoms with E-state index in [9.17, 15) is 4.79 Å². The first-order valence-electron chi connectivity index (χ1n) is 8.56. The second kappa shape index (κ2) is 6.57. The van der Waals surface area contributed by atoms with Gasteiger partial charge in [0.25, 0.3) is 5.91 Å². The molecule has 1 amide bonds. The van der Waals surface area contributed by atoms with E-state index in [-0.39, 0.29) is 17.6 Å². The summed E-state index contributed by atoms with van der Waals surface area (Å²) in [5.41, 5.74) is 1.44. The first-order chi connectivity index (χ1) is 12.1. The van der Waals surface area contributed by atoms with Crippen molar-refractivity contribution >= 4 is 5.91 Å². The largest absolute Gasteiger partial charge is 0.373 e. The third-order valence-corrected chi connectivity index (χ3v) is 4.85. The number of likely N-dealkylation sites (tertiary alicyclic amines) is 1. The first-order valence-corrected chi connectivity index (χ1v) is 8.56. The van der Waals surface area contributed by atoms with Crippen LogP contribution in [0.4, 0.5) is 0 Å². The van der Waals surface area contributed by atoms with Crippen molar-refractivity contribution in [1.29, 1.82) is 0 Å². The Hall–Kier alpha value is -2.25. The highest BCUT2D eigenvalue weighted by Crippen LogP contribution is 2.36. The molecule has 2 fully saturated rings.